The Bertz CT molecular complexity index is 372. The van der Waals surface area contributed by atoms with Gasteiger partial charge in [-0.3, -0.25) is 0 Å². The van der Waals surface area contributed by atoms with Crippen LogP contribution in [0.2, 0.25) is 0 Å². The average molecular weight is 178 g/mol. The standard InChI is InChI=1S/C9H8N2O2.H2/c1-12-8-4-2-7(3-5-8)9-11-10-6-13-9;/h2-6H,1H3;1H. The predicted octanol–water partition coefficient (Wildman–Crippen LogP) is 1.99. The van der Waals surface area contributed by atoms with Crippen LogP contribution >= 0.6 is 0 Å². The van der Waals surface area contributed by atoms with Gasteiger partial charge in [0.2, 0.25) is 12.3 Å². The van der Waals surface area contributed by atoms with E-state index in [0.29, 0.717) is 5.89 Å². The second kappa shape index (κ2) is 3.26. The molecule has 0 atom stereocenters. The van der Waals surface area contributed by atoms with E-state index in [2.05, 4.69) is 10.2 Å². The van der Waals surface area contributed by atoms with Crippen LogP contribution < -0.4 is 4.74 Å². The molecule has 0 N–H and O–H groups in total. The van der Waals surface area contributed by atoms with Crippen molar-refractivity contribution >= 4 is 0 Å². The molecule has 1 heterocycles. The van der Waals surface area contributed by atoms with Crippen molar-refractivity contribution in [2.75, 3.05) is 7.11 Å². The average Bonchev–Trinajstić information content (AvgIpc) is 2.71. The number of hydrogen-bond donors (Lipinski definition) is 0. The van der Waals surface area contributed by atoms with Crippen molar-refractivity contribution in [2.24, 2.45) is 0 Å². The fraction of sp³-hybridized carbons (Fsp3) is 0.111. The number of aromatic nitrogens is 2. The summed E-state index contributed by atoms with van der Waals surface area (Å²) in [5.74, 6) is 1.32. The highest BCUT2D eigenvalue weighted by Gasteiger charge is 2.01. The maximum absolute atomic E-state index is 5.03. The minimum absolute atomic E-state index is 0. The summed E-state index contributed by atoms with van der Waals surface area (Å²) in [6, 6.07) is 7.43. The van der Waals surface area contributed by atoms with Gasteiger partial charge in [-0.05, 0) is 24.3 Å². The molecule has 0 unspecified atom stereocenters. The van der Waals surface area contributed by atoms with E-state index in [9.17, 15) is 0 Å². The summed E-state index contributed by atoms with van der Waals surface area (Å²) >= 11 is 0. The zero-order chi connectivity index (χ0) is 9.10. The summed E-state index contributed by atoms with van der Waals surface area (Å²) in [6.07, 6.45) is 1.31. The van der Waals surface area contributed by atoms with E-state index < -0.39 is 0 Å². The van der Waals surface area contributed by atoms with Gasteiger partial charge in [-0.15, -0.1) is 10.2 Å². The topological polar surface area (TPSA) is 48.2 Å². The van der Waals surface area contributed by atoms with Gasteiger partial charge in [0.1, 0.15) is 5.75 Å². The van der Waals surface area contributed by atoms with Gasteiger partial charge in [-0.1, -0.05) is 0 Å². The number of ether oxygens (including phenoxy) is 1. The van der Waals surface area contributed by atoms with Gasteiger partial charge in [0.05, 0.1) is 7.11 Å². The summed E-state index contributed by atoms with van der Waals surface area (Å²) in [4.78, 5) is 0. The van der Waals surface area contributed by atoms with Gasteiger partial charge >= 0.3 is 0 Å². The summed E-state index contributed by atoms with van der Waals surface area (Å²) in [5, 5.41) is 7.38. The van der Waals surface area contributed by atoms with Crippen LogP contribution in [-0.2, 0) is 0 Å². The molecule has 4 heteroatoms. The minimum Gasteiger partial charge on any atom is -0.497 e. The SMILES string of the molecule is COc1ccc(-c2nnco2)cc1.[HH]. The molecule has 2 aromatic rings. The Morgan fingerprint density at radius 3 is 2.62 bits per heavy atom. The maximum atomic E-state index is 5.03. The van der Waals surface area contributed by atoms with Gasteiger partial charge in [-0.25, -0.2) is 0 Å². The predicted molar refractivity (Wildman–Crippen MR) is 48.4 cm³/mol. The first-order valence-corrected chi connectivity index (χ1v) is 3.81. The van der Waals surface area contributed by atoms with Crippen molar-refractivity contribution in [3.05, 3.63) is 30.7 Å². The van der Waals surface area contributed by atoms with Gasteiger partial charge < -0.3 is 9.15 Å². The highest BCUT2D eigenvalue weighted by atomic mass is 16.5. The van der Waals surface area contributed by atoms with Crippen LogP contribution in [0.25, 0.3) is 11.5 Å². The lowest BCUT2D eigenvalue weighted by Crippen LogP contribution is -1.82. The van der Waals surface area contributed by atoms with E-state index in [0.717, 1.165) is 11.3 Å². The zero-order valence-electron chi connectivity index (χ0n) is 7.10. The van der Waals surface area contributed by atoms with E-state index in [-0.39, 0.29) is 1.43 Å². The quantitative estimate of drug-likeness (QED) is 0.705. The summed E-state index contributed by atoms with van der Waals surface area (Å²) in [7, 11) is 1.63. The molecule has 0 spiro atoms. The Hall–Kier alpha value is -1.84. The van der Waals surface area contributed by atoms with E-state index in [1.807, 2.05) is 24.3 Å². The Kier molecular flexibility index (Phi) is 1.96. The third kappa shape index (κ3) is 1.51. The third-order valence-electron chi connectivity index (χ3n) is 1.70. The van der Waals surface area contributed by atoms with Crippen molar-refractivity contribution in [1.29, 1.82) is 0 Å². The second-order valence-electron chi connectivity index (χ2n) is 2.47. The first-order valence-electron chi connectivity index (χ1n) is 3.81. The molecule has 0 fully saturated rings. The van der Waals surface area contributed by atoms with Gasteiger partial charge in [-0.2, -0.15) is 0 Å². The van der Waals surface area contributed by atoms with Crippen molar-refractivity contribution in [3.8, 4) is 17.2 Å². The fourth-order valence-corrected chi connectivity index (χ4v) is 1.03. The third-order valence-corrected chi connectivity index (χ3v) is 1.70. The highest BCUT2D eigenvalue weighted by molar-refractivity contribution is 5.53. The van der Waals surface area contributed by atoms with Crippen LogP contribution in [0.1, 0.15) is 1.43 Å². The van der Waals surface area contributed by atoms with Crippen LogP contribution in [0.4, 0.5) is 0 Å². The normalized spacial score (nSPS) is 9.92. The lowest BCUT2D eigenvalue weighted by atomic mass is 10.2. The second-order valence-corrected chi connectivity index (χ2v) is 2.47. The molecular formula is C9H10N2O2. The van der Waals surface area contributed by atoms with Crippen LogP contribution in [0.5, 0.6) is 5.75 Å². The molecule has 0 bridgehead atoms. The molecule has 0 aliphatic rings. The number of benzene rings is 1. The first-order chi connectivity index (χ1) is 6.40. The largest absolute Gasteiger partial charge is 0.497 e. The lowest BCUT2D eigenvalue weighted by molar-refractivity contribution is 0.415. The summed E-state index contributed by atoms with van der Waals surface area (Å²) in [5.41, 5.74) is 0.887. The van der Waals surface area contributed by atoms with E-state index in [1.54, 1.807) is 7.11 Å². The number of methoxy groups -OCH3 is 1. The zero-order valence-corrected chi connectivity index (χ0v) is 7.10. The fourth-order valence-electron chi connectivity index (χ4n) is 1.03. The number of rotatable bonds is 2. The molecule has 13 heavy (non-hydrogen) atoms. The summed E-state index contributed by atoms with van der Waals surface area (Å²) < 4.78 is 10.0. The van der Waals surface area contributed by atoms with Crippen LogP contribution in [0.15, 0.2) is 35.1 Å². The highest BCUT2D eigenvalue weighted by Crippen LogP contribution is 2.19. The van der Waals surface area contributed by atoms with Gasteiger partial charge in [0, 0.05) is 6.99 Å². The monoisotopic (exact) mass is 178 g/mol. The maximum Gasteiger partial charge on any atom is 0.247 e. The minimum atomic E-state index is 0. The number of hydrogen-bond acceptors (Lipinski definition) is 4. The molecule has 0 aliphatic carbocycles. The van der Waals surface area contributed by atoms with Crippen molar-refractivity contribution in [3.63, 3.8) is 0 Å². The lowest BCUT2D eigenvalue weighted by Gasteiger charge is -1.98. The Morgan fingerprint density at radius 1 is 1.31 bits per heavy atom. The Labute approximate surface area is 76.7 Å². The number of nitrogens with zero attached hydrogens (tertiary/aromatic N) is 2. The molecular weight excluding hydrogens is 168 g/mol. The molecule has 0 saturated heterocycles. The van der Waals surface area contributed by atoms with E-state index in [4.69, 9.17) is 9.15 Å². The molecule has 68 valence electrons. The van der Waals surface area contributed by atoms with Crippen molar-refractivity contribution < 1.29 is 10.6 Å². The van der Waals surface area contributed by atoms with Crippen LogP contribution in [0.3, 0.4) is 0 Å². The summed E-state index contributed by atoms with van der Waals surface area (Å²) in [6.45, 7) is 0. The molecule has 0 saturated carbocycles. The first kappa shape index (κ1) is 7.79. The van der Waals surface area contributed by atoms with E-state index >= 15 is 0 Å². The molecule has 1 aromatic heterocycles. The molecule has 2 rings (SSSR count). The molecule has 0 amide bonds. The van der Waals surface area contributed by atoms with Crippen molar-refractivity contribution in [2.45, 2.75) is 0 Å². The smallest absolute Gasteiger partial charge is 0.247 e. The van der Waals surface area contributed by atoms with E-state index in [1.165, 1.54) is 6.39 Å². The van der Waals surface area contributed by atoms with Gasteiger partial charge in [0.15, 0.2) is 0 Å². The molecule has 0 radical (unpaired) electrons. The van der Waals surface area contributed by atoms with Crippen molar-refractivity contribution in [1.82, 2.24) is 10.2 Å². The molecule has 4 nitrogen and oxygen atoms in total. The van der Waals surface area contributed by atoms with Crippen LogP contribution in [0, 0.1) is 0 Å². The Balaban J connectivity index is 0.000000980. The Morgan fingerprint density at radius 2 is 2.08 bits per heavy atom. The molecule has 1 aromatic carbocycles. The van der Waals surface area contributed by atoms with Gasteiger partial charge in [0.25, 0.3) is 0 Å². The van der Waals surface area contributed by atoms with Crippen LogP contribution in [-0.4, -0.2) is 17.3 Å². The molecule has 0 aliphatic heterocycles.